The first-order valence-corrected chi connectivity index (χ1v) is 11.4. The molecule has 160 valence electrons. The number of thioether (sulfide) groups is 1. The lowest BCUT2D eigenvalue weighted by atomic mass is 9.97. The molecule has 8 nitrogen and oxygen atoms in total. The number of carbonyl (C=O) groups is 2. The highest BCUT2D eigenvalue weighted by molar-refractivity contribution is 7.99. The molecule has 10 heteroatoms. The number of ether oxygens (including phenoxy) is 1. The van der Waals surface area contributed by atoms with Crippen molar-refractivity contribution in [1.82, 2.24) is 19.7 Å². The van der Waals surface area contributed by atoms with Gasteiger partial charge in [0.15, 0.2) is 11.0 Å². The van der Waals surface area contributed by atoms with E-state index in [1.54, 1.807) is 11.0 Å². The number of carbonyl (C=O) groups excluding carboxylic acids is 2. The zero-order valence-electron chi connectivity index (χ0n) is 16.5. The van der Waals surface area contributed by atoms with E-state index in [0.717, 1.165) is 31.5 Å². The molecule has 1 saturated carbocycles. The third-order valence-electron chi connectivity index (χ3n) is 5.34. The van der Waals surface area contributed by atoms with Gasteiger partial charge in [-0.05, 0) is 37.8 Å². The van der Waals surface area contributed by atoms with Crippen molar-refractivity contribution in [3.63, 3.8) is 0 Å². The van der Waals surface area contributed by atoms with Crippen molar-refractivity contribution in [3.05, 3.63) is 35.1 Å². The molecule has 2 fully saturated rings. The molecular weight excluding hydrogens is 426 g/mol. The van der Waals surface area contributed by atoms with Crippen molar-refractivity contribution in [3.8, 4) is 5.75 Å². The van der Waals surface area contributed by atoms with Crippen molar-refractivity contribution >= 4 is 35.2 Å². The van der Waals surface area contributed by atoms with E-state index in [1.165, 1.54) is 11.8 Å². The highest BCUT2D eigenvalue weighted by Crippen LogP contribution is 2.39. The van der Waals surface area contributed by atoms with Gasteiger partial charge in [0, 0.05) is 19.1 Å². The van der Waals surface area contributed by atoms with Crippen molar-refractivity contribution in [2.45, 2.75) is 43.5 Å². The molecule has 0 bridgehead atoms. The summed E-state index contributed by atoms with van der Waals surface area (Å²) in [5.41, 5.74) is 5.41. The number of aromatic nitrogens is 3. The Morgan fingerprint density at radius 1 is 1.23 bits per heavy atom. The predicted molar refractivity (Wildman–Crippen MR) is 113 cm³/mol. The van der Waals surface area contributed by atoms with Crippen molar-refractivity contribution < 1.29 is 14.3 Å². The third-order valence-corrected chi connectivity index (χ3v) is 6.58. The Labute approximate surface area is 184 Å². The molecule has 1 aliphatic carbocycles. The molecule has 1 aromatic heterocycles. The molecule has 2 aliphatic rings. The second kappa shape index (κ2) is 9.26. The summed E-state index contributed by atoms with van der Waals surface area (Å²) in [7, 11) is 0. The second-order valence-corrected chi connectivity index (χ2v) is 8.94. The smallest absolute Gasteiger partial charge is 0.233 e. The topological polar surface area (TPSA) is 103 Å². The van der Waals surface area contributed by atoms with Gasteiger partial charge in [-0.25, -0.2) is 0 Å². The lowest BCUT2D eigenvalue weighted by Crippen LogP contribution is -2.44. The monoisotopic (exact) mass is 449 g/mol. The van der Waals surface area contributed by atoms with Crippen LogP contribution < -0.4 is 10.5 Å². The number of amides is 2. The standard InChI is InChI=1S/C20H24ClN5O3S/c21-15-5-1-2-6-16(15)29-11-17-23-24-20(26(17)14-7-8-14)30-12-18(27)25-9-3-4-13(10-25)19(22)28/h1-2,5-6,13-14H,3-4,7-12H2,(H2,22,28). The number of benzene rings is 1. The normalized spacial score (nSPS) is 19.0. The first kappa shape index (κ1) is 21.0. The molecule has 1 unspecified atom stereocenters. The average Bonchev–Trinajstić information content (AvgIpc) is 3.51. The fourth-order valence-electron chi connectivity index (χ4n) is 3.56. The number of nitrogens with two attached hydrogens (primary N) is 1. The highest BCUT2D eigenvalue weighted by atomic mass is 35.5. The summed E-state index contributed by atoms with van der Waals surface area (Å²) in [6.07, 6.45) is 3.67. The molecule has 0 spiro atoms. The van der Waals surface area contributed by atoms with Gasteiger partial charge in [0.05, 0.1) is 16.7 Å². The summed E-state index contributed by atoms with van der Waals surface area (Å²) in [4.78, 5) is 25.8. The molecule has 1 atom stereocenters. The summed E-state index contributed by atoms with van der Waals surface area (Å²) < 4.78 is 7.89. The molecule has 1 aliphatic heterocycles. The number of hydrogen-bond donors (Lipinski definition) is 1. The van der Waals surface area contributed by atoms with Crippen LogP contribution in [0, 0.1) is 5.92 Å². The Hall–Kier alpha value is -2.26. The molecule has 30 heavy (non-hydrogen) atoms. The van der Waals surface area contributed by atoms with E-state index >= 15 is 0 Å². The Morgan fingerprint density at radius 2 is 2.03 bits per heavy atom. The van der Waals surface area contributed by atoms with E-state index in [9.17, 15) is 9.59 Å². The van der Waals surface area contributed by atoms with E-state index in [2.05, 4.69) is 14.8 Å². The number of likely N-dealkylation sites (tertiary alicyclic amines) is 1. The SMILES string of the molecule is NC(=O)C1CCCN(C(=O)CSc2nnc(COc3ccccc3Cl)n2C2CC2)C1. The zero-order valence-corrected chi connectivity index (χ0v) is 18.1. The van der Waals surface area contributed by atoms with Gasteiger partial charge in [0.1, 0.15) is 12.4 Å². The van der Waals surface area contributed by atoms with Crippen molar-refractivity contribution in [2.24, 2.45) is 11.7 Å². The highest BCUT2D eigenvalue weighted by Gasteiger charge is 2.31. The Morgan fingerprint density at radius 3 is 2.77 bits per heavy atom. The maximum Gasteiger partial charge on any atom is 0.233 e. The number of primary amides is 1. The average molecular weight is 450 g/mol. The van der Waals surface area contributed by atoms with E-state index in [1.807, 2.05) is 18.2 Å². The molecule has 1 aromatic carbocycles. The first-order chi connectivity index (χ1) is 14.5. The van der Waals surface area contributed by atoms with Crippen molar-refractivity contribution in [1.29, 1.82) is 0 Å². The van der Waals surface area contributed by atoms with Crippen LogP contribution in [0.15, 0.2) is 29.4 Å². The van der Waals surface area contributed by atoms with Crippen LogP contribution in [-0.2, 0) is 16.2 Å². The number of piperidine rings is 1. The van der Waals surface area contributed by atoms with Crippen molar-refractivity contribution in [2.75, 3.05) is 18.8 Å². The first-order valence-electron chi connectivity index (χ1n) is 10.0. The summed E-state index contributed by atoms with van der Waals surface area (Å²) in [6, 6.07) is 7.65. The van der Waals surface area contributed by atoms with Gasteiger partial charge >= 0.3 is 0 Å². The predicted octanol–water partition coefficient (Wildman–Crippen LogP) is 2.66. The Bertz CT molecular complexity index is 933. The minimum Gasteiger partial charge on any atom is -0.484 e. The summed E-state index contributed by atoms with van der Waals surface area (Å²) in [6.45, 7) is 1.32. The molecule has 2 aromatic rings. The molecule has 0 radical (unpaired) electrons. The second-order valence-electron chi connectivity index (χ2n) is 7.59. The fourth-order valence-corrected chi connectivity index (χ4v) is 4.68. The van der Waals surface area contributed by atoms with Crippen LogP contribution in [0.5, 0.6) is 5.75 Å². The van der Waals surface area contributed by atoms with E-state index in [-0.39, 0.29) is 30.1 Å². The maximum atomic E-state index is 12.6. The number of halogens is 1. The van der Waals surface area contributed by atoms with E-state index in [0.29, 0.717) is 35.1 Å². The Kier molecular flexibility index (Phi) is 6.48. The van der Waals surface area contributed by atoms with Crippen LogP contribution in [0.25, 0.3) is 0 Å². The van der Waals surface area contributed by atoms with Gasteiger partial charge in [-0.2, -0.15) is 0 Å². The van der Waals surface area contributed by atoms with Crippen LogP contribution in [0.2, 0.25) is 5.02 Å². The minimum atomic E-state index is -0.336. The van der Waals surface area contributed by atoms with E-state index in [4.69, 9.17) is 22.1 Å². The van der Waals surface area contributed by atoms with Gasteiger partial charge in [-0.1, -0.05) is 35.5 Å². The van der Waals surface area contributed by atoms with Crippen LogP contribution in [0.4, 0.5) is 0 Å². The molecule has 2 N–H and O–H groups in total. The van der Waals surface area contributed by atoms with Gasteiger partial charge in [-0.3, -0.25) is 14.2 Å². The third kappa shape index (κ3) is 4.89. The number of nitrogens with zero attached hydrogens (tertiary/aromatic N) is 4. The largest absolute Gasteiger partial charge is 0.484 e. The number of hydrogen-bond acceptors (Lipinski definition) is 6. The summed E-state index contributed by atoms with van der Waals surface area (Å²) in [5.74, 6) is 0.974. The van der Waals surface area contributed by atoms with Crippen LogP contribution in [0.1, 0.15) is 37.5 Å². The number of rotatable bonds is 8. The molecule has 2 heterocycles. The van der Waals surface area contributed by atoms with Crippen LogP contribution in [0.3, 0.4) is 0 Å². The number of para-hydroxylation sites is 1. The van der Waals surface area contributed by atoms with Crippen LogP contribution in [-0.4, -0.2) is 50.3 Å². The molecule has 1 saturated heterocycles. The van der Waals surface area contributed by atoms with Gasteiger partial charge in [-0.15, -0.1) is 10.2 Å². The van der Waals surface area contributed by atoms with Gasteiger partial charge in [0.2, 0.25) is 11.8 Å². The van der Waals surface area contributed by atoms with Crippen LogP contribution >= 0.6 is 23.4 Å². The fraction of sp³-hybridized carbons (Fsp3) is 0.500. The molecular formula is C20H24ClN5O3S. The summed E-state index contributed by atoms with van der Waals surface area (Å²) in [5, 5.41) is 9.84. The quantitative estimate of drug-likeness (QED) is 0.621. The molecule has 2 amide bonds. The van der Waals surface area contributed by atoms with E-state index < -0.39 is 0 Å². The van der Waals surface area contributed by atoms with Gasteiger partial charge < -0.3 is 15.4 Å². The lowest BCUT2D eigenvalue weighted by Gasteiger charge is -2.31. The zero-order chi connectivity index (χ0) is 21.1. The molecule has 4 rings (SSSR count). The van der Waals surface area contributed by atoms with Gasteiger partial charge in [0.25, 0.3) is 0 Å². The lowest BCUT2D eigenvalue weighted by molar-refractivity contribution is -0.132. The minimum absolute atomic E-state index is 0.00911. The summed E-state index contributed by atoms with van der Waals surface area (Å²) >= 11 is 7.53. The maximum absolute atomic E-state index is 12.6. The Balaban J connectivity index is 1.38.